The first-order valence-corrected chi connectivity index (χ1v) is 4.06. The Kier molecular flexibility index (Phi) is 2.25. The Morgan fingerprint density at radius 1 is 1.38 bits per heavy atom. The summed E-state index contributed by atoms with van der Waals surface area (Å²) in [4.78, 5) is 20.1. The fourth-order valence-electron chi connectivity index (χ4n) is 1.16. The molecule has 13 heavy (non-hydrogen) atoms. The number of rotatable bonds is 2. The highest BCUT2D eigenvalue weighted by Gasteiger charge is 2.59. The number of carbonyl (C=O) groups is 1. The molecule has 0 aliphatic carbocycles. The molecule has 2 atom stereocenters. The predicted molar refractivity (Wildman–Crippen MR) is 43.2 cm³/mol. The summed E-state index contributed by atoms with van der Waals surface area (Å²) in [7, 11) is 0. The van der Waals surface area contributed by atoms with Crippen LogP contribution < -0.4 is 0 Å². The van der Waals surface area contributed by atoms with Gasteiger partial charge in [-0.15, -0.1) is 0 Å². The van der Waals surface area contributed by atoms with Gasteiger partial charge in [0, 0.05) is 0 Å². The average Bonchev–Trinajstić information content (AvgIpc) is 1.99. The van der Waals surface area contributed by atoms with Crippen molar-refractivity contribution in [2.45, 2.75) is 45.0 Å². The summed E-state index contributed by atoms with van der Waals surface area (Å²) in [6.45, 7) is 7.03. The summed E-state index contributed by atoms with van der Waals surface area (Å²) < 4.78 is 4.60. The maximum Gasteiger partial charge on any atom is 0.506 e. The zero-order chi connectivity index (χ0) is 10.3. The van der Waals surface area contributed by atoms with Crippen LogP contribution in [0.2, 0.25) is 0 Å². The van der Waals surface area contributed by atoms with E-state index in [-0.39, 0.29) is 0 Å². The highest BCUT2D eigenvalue weighted by atomic mass is 17.3. The molecule has 0 spiro atoms. The van der Waals surface area contributed by atoms with Crippen LogP contribution in [0.15, 0.2) is 0 Å². The van der Waals surface area contributed by atoms with E-state index in [1.54, 1.807) is 13.8 Å². The van der Waals surface area contributed by atoms with E-state index >= 15 is 0 Å². The van der Waals surface area contributed by atoms with Crippen molar-refractivity contribution >= 4 is 6.16 Å². The number of hydrogen-bond acceptors (Lipinski definition) is 4. The van der Waals surface area contributed by atoms with Crippen molar-refractivity contribution in [1.82, 2.24) is 0 Å². The summed E-state index contributed by atoms with van der Waals surface area (Å²) in [5.41, 5.74) is -1.24. The van der Waals surface area contributed by atoms with E-state index in [2.05, 4.69) is 4.74 Å². The number of carboxylic acid groups (broad SMARTS) is 1. The molecule has 5 nitrogen and oxygen atoms in total. The van der Waals surface area contributed by atoms with Crippen LogP contribution >= 0.6 is 0 Å². The zero-order valence-corrected chi connectivity index (χ0v) is 8.16. The highest BCUT2D eigenvalue weighted by molar-refractivity contribution is 5.57. The van der Waals surface area contributed by atoms with Crippen molar-refractivity contribution in [3.8, 4) is 0 Å². The van der Waals surface area contributed by atoms with E-state index in [4.69, 9.17) is 14.9 Å². The van der Waals surface area contributed by atoms with E-state index < -0.39 is 23.5 Å². The molecule has 1 N–H and O–H groups in total. The van der Waals surface area contributed by atoms with Crippen molar-refractivity contribution in [3.63, 3.8) is 0 Å². The largest absolute Gasteiger partial charge is 0.506 e. The molecule has 2 unspecified atom stereocenters. The molecule has 1 fully saturated rings. The van der Waals surface area contributed by atoms with Crippen molar-refractivity contribution in [1.29, 1.82) is 0 Å². The first kappa shape index (κ1) is 10.3. The van der Waals surface area contributed by atoms with E-state index in [0.717, 1.165) is 0 Å². The first-order chi connectivity index (χ1) is 5.79. The molecule has 1 rings (SSSR count). The van der Waals surface area contributed by atoms with Gasteiger partial charge in [0.25, 0.3) is 0 Å². The van der Waals surface area contributed by atoms with Gasteiger partial charge in [-0.05, 0) is 27.7 Å². The molecule has 0 aromatic heterocycles. The fourth-order valence-corrected chi connectivity index (χ4v) is 1.16. The van der Waals surface area contributed by atoms with Gasteiger partial charge in [0.05, 0.1) is 0 Å². The molecule has 0 radical (unpaired) electrons. The quantitative estimate of drug-likeness (QED) is 0.528. The minimum absolute atomic E-state index is 0.526. The summed E-state index contributed by atoms with van der Waals surface area (Å²) >= 11 is 0. The first-order valence-electron chi connectivity index (χ1n) is 4.06. The van der Waals surface area contributed by atoms with Crippen LogP contribution in [0, 0.1) is 0 Å². The van der Waals surface area contributed by atoms with E-state index in [1.165, 1.54) is 0 Å². The molecule has 76 valence electrons. The van der Waals surface area contributed by atoms with Crippen molar-refractivity contribution in [3.05, 3.63) is 0 Å². The third-order valence-electron chi connectivity index (χ3n) is 2.67. The molecule has 0 amide bonds. The van der Waals surface area contributed by atoms with Gasteiger partial charge in [-0.25, -0.2) is 14.6 Å². The van der Waals surface area contributed by atoms with Crippen LogP contribution in [-0.4, -0.2) is 28.6 Å². The van der Waals surface area contributed by atoms with Crippen molar-refractivity contribution in [2.24, 2.45) is 0 Å². The van der Waals surface area contributed by atoms with Crippen LogP contribution in [0.3, 0.4) is 0 Å². The summed E-state index contributed by atoms with van der Waals surface area (Å²) in [6.07, 6.45) is -1.87. The van der Waals surface area contributed by atoms with Gasteiger partial charge in [-0.1, -0.05) is 0 Å². The molecule has 0 aromatic carbocycles. The monoisotopic (exact) mass is 190 g/mol. The molecule has 1 heterocycles. The van der Waals surface area contributed by atoms with Gasteiger partial charge in [0.15, 0.2) is 5.60 Å². The Labute approximate surface area is 76.5 Å². The maximum atomic E-state index is 10.3. The lowest BCUT2D eigenvalue weighted by molar-refractivity contribution is -0.551. The summed E-state index contributed by atoms with van der Waals surface area (Å²) in [6, 6.07) is 0. The average molecular weight is 190 g/mol. The minimum atomic E-state index is -1.31. The third-order valence-corrected chi connectivity index (χ3v) is 2.67. The fraction of sp³-hybridized carbons (Fsp3) is 0.875. The Bertz CT molecular complexity index is 225. The molecule has 1 aliphatic heterocycles. The molecule has 0 aromatic rings. The normalized spacial score (nSPS) is 33.2. The predicted octanol–water partition coefficient (Wildman–Crippen LogP) is 1.57. The van der Waals surface area contributed by atoms with Gasteiger partial charge < -0.3 is 9.84 Å². The van der Waals surface area contributed by atoms with Gasteiger partial charge in [-0.3, -0.25) is 0 Å². The topological polar surface area (TPSA) is 65.0 Å². The Balaban J connectivity index is 2.65. The third kappa shape index (κ3) is 1.49. The summed E-state index contributed by atoms with van der Waals surface area (Å²) in [5, 5.41) is 8.42. The molecule has 5 heteroatoms. The lowest BCUT2D eigenvalue weighted by atomic mass is 9.81. The lowest BCUT2D eigenvalue weighted by Gasteiger charge is -2.52. The van der Waals surface area contributed by atoms with Gasteiger partial charge in [-0.2, -0.15) is 0 Å². The van der Waals surface area contributed by atoms with Gasteiger partial charge in [0.2, 0.25) is 0 Å². The second kappa shape index (κ2) is 2.85. The molecular weight excluding hydrogens is 176 g/mol. The lowest BCUT2D eigenvalue weighted by Crippen LogP contribution is -2.67. The molecular formula is C8H14O5. The molecule has 0 saturated carbocycles. The molecule has 0 bridgehead atoms. The van der Waals surface area contributed by atoms with E-state index in [9.17, 15) is 4.79 Å². The van der Waals surface area contributed by atoms with E-state index in [0.29, 0.717) is 0 Å². The van der Waals surface area contributed by atoms with Crippen molar-refractivity contribution < 1.29 is 24.4 Å². The Hall–Kier alpha value is -0.810. The number of ether oxygens (including phenoxy) is 1. The van der Waals surface area contributed by atoms with Gasteiger partial charge >= 0.3 is 6.16 Å². The number of hydrogen-bond donors (Lipinski definition) is 1. The smallest absolute Gasteiger partial charge is 0.450 e. The van der Waals surface area contributed by atoms with E-state index in [1.807, 2.05) is 13.8 Å². The Morgan fingerprint density at radius 3 is 2.15 bits per heavy atom. The maximum absolute atomic E-state index is 10.3. The minimum Gasteiger partial charge on any atom is -0.450 e. The van der Waals surface area contributed by atoms with Crippen LogP contribution in [-0.2, 0) is 14.5 Å². The van der Waals surface area contributed by atoms with Gasteiger partial charge in [0.1, 0.15) is 11.7 Å². The zero-order valence-electron chi connectivity index (χ0n) is 8.16. The van der Waals surface area contributed by atoms with Crippen LogP contribution in [0.1, 0.15) is 27.7 Å². The molecule has 1 saturated heterocycles. The molecule has 1 aliphatic rings. The van der Waals surface area contributed by atoms with Crippen LogP contribution in [0.5, 0.6) is 0 Å². The second-order valence-electron chi connectivity index (χ2n) is 3.81. The highest BCUT2D eigenvalue weighted by Crippen LogP contribution is 2.43. The second-order valence-corrected chi connectivity index (χ2v) is 3.81. The Morgan fingerprint density at radius 2 is 1.92 bits per heavy atom. The van der Waals surface area contributed by atoms with Crippen molar-refractivity contribution in [2.75, 3.05) is 0 Å². The summed E-state index contributed by atoms with van der Waals surface area (Å²) in [5.74, 6) is 0. The van der Waals surface area contributed by atoms with Crippen LogP contribution in [0.4, 0.5) is 4.79 Å². The van der Waals surface area contributed by atoms with Crippen LogP contribution in [0.25, 0.3) is 0 Å². The standard InChI is InChI=1S/C8H14O5/c1-5(11-6(9)10)8(4)7(2,3)12-13-8/h5H,1-4H3,(H,9,10). The SMILES string of the molecule is CC(OC(=O)O)C1(C)OOC1(C)C.